The molecule has 3 fully saturated rings. The molecule has 10 nitrogen and oxygen atoms in total. The molecule has 1 saturated heterocycles. The van der Waals surface area contributed by atoms with Crippen molar-refractivity contribution in [2.45, 2.75) is 74.3 Å². The largest absolute Gasteiger partial charge is 0.392 e. The molecule has 0 unspecified atom stereocenters. The van der Waals surface area contributed by atoms with Crippen molar-refractivity contribution >= 4 is 44.3 Å². The van der Waals surface area contributed by atoms with E-state index < -0.39 is 15.7 Å². The summed E-state index contributed by atoms with van der Waals surface area (Å²) in [6.07, 6.45) is 7.94. The van der Waals surface area contributed by atoms with Gasteiger partial charge in [0, 0.05) is 48.9 Å². The number of carbonyl (C=O) groups excluding carboxylic acids is 2. The molecule has 1 aliphatic heterocycles. The molecule has 12 heteroatoms. The van der Waals surface area contributed by atoms with Crippen LogP contribution in [0.2, 0.25) is 0 Å². The Morgan fingerprint density at radius 1 is 1.18 bits per heavy atom. The van der Waals surface area contributed by atoms with Crippen molar-refractivity contribution in [2.75, 3.05) is 25.0 Å². The summed E-state index contributed by atoms with van der Waals surface area (Å²) in [5.74, 6) is -0.463. The van der Waals surface area contributed by atoms with E-state index >= 15 is 0 Å². The van der Waals surface area contributed by atoms with Crippen LogP contribution in [-0.4, -0.2) is 78.3 Å². The minimum atomic E-state index is -3.32. The minimum absolute atomic E-state index is 0.0270. The van der Waals surface area contributed by atoms with E-state index in [9.17, 15) is 18.0 Å². The maximum absolute atomic E-state index is 13.3. The topological polar surface area (TPSA) is 121 Å². The summed E-state index contributed by atoms with van der Waals surface area (Å²) in [5, 5.41) is 7.21. The Morgan fingerprint density at radius 3 is 2.58 bits per heavy atom. The normalized spacial score (nSPS) is 21.4. The first kappa shape index (κ1) is 26.8. The first-order valence-electron chi connectivity index (χ1n) is 13.1. The van der Waals surface area contributed by atoms with Crippen molar-refractivity contribution in [3.63, 3.8) is 0 Å². The van der Waals surface area contributed by atoms with Crippen LogP contribution in [0.15, 0.2) is 40.5 Å². The van der Waals surface area contributed by atoms with Crippen molar-refractivity contribution in [1.29, 1.82) is 0 Å². The van der Waals surface area contributed by atoms with Gasteiger partial charge in [0.1, 0.15) is 6.10 Å². The van der Waals surface area contributed by atoms with E-state index in [2.05, 4.69) is 20.4 Å². The van der Waals surface area contributed by atoms with Crippen LogP contribution in [0, 0.1) is 0 Å². The van der Waals surface area contributed by atoms with Gasteiger partial charge in [0.15, 0.2) is 20.7 Å². The quantitative estimate of drug-likeness (QED) is 0.270. The Morgan fingerprint density at radius 2 is 1.92 bits per heavy atom. The number of aromatic nitrogens is 1. The molecule has 2 amide bonds. The third-order valence-corrected chi connectivity index (χ3v) is 10.5. The first-order chi connectivity index (χ1) is 18.3. The number of nitrogens with one attached hydrogen (secondary N) is 1. The van der Waals surface area contributed by atoms with Crippen molar-refractivity contribution < 1.29 is 22.8 Å². The number of carbonyl (C=O) groups is 2. The van der Waals surface area contributed by atoms with Gasteiger partial charge in [0.05, 0.1) is 10.1 Å². The van der Waals surface area contributed by atoms with Gasteiger partial charge in [0.2, 0.25) is 6.41 Å². The van der Waals surface area contributed by atoms with Gasteiger partial charge >= 0.3 is 0 Å². The summed E-state index contributed by atoms with van der Waals surface area (Å²) in [5.41, 5.74) is 0.567. The van der Waals surface area contributed by atoms with Crippen LogP contribution in [0.1, 0.15) is 55.9 Å². The molecule has 0 bridgehead atoms. The number of hydrogen-bond donors (Lipinski definition) is 1. The lowest BCUT2D eigenvalue weighted by atomic mass is 10.1. The molecule has 2 saturated carbocycles. The van der Waals surface area contributed by atoms with Crippen LogP contribution in [0.4, 0.5) is 5.13 Å². The molecule has 0 radical (unpaired) electrons. The molecule has 2 aromatic rings. The Balaban J connectivity index is 1.28. The van der Waals surface area contributed by atoms with Gasteiger partial charge in [-0.3, -0.25) is 19.8 Å². The van der Waals surface area contributed by atoms with Crippen LogP contribution in [0.5, 0.6) is 0 Å². The second-order valence-corrected chi connectivity index (χ2v) is 13.6. The van der Waals surface area contributed by atoms with E-state index in [1.807, 2.05) is 6.92 Å². The zero-order valence-electron chi connectivity index (χ0n) is 21.4. The summed E-state index contributed by atoms with van der Waals surface area (Å²) >= 11 is 1.39. The van der Waals surface area contributed by atoms with Crippen LogP contribution >= 0.6 is 11.3 Å². The fourth-order valence-electron chi connectivity index (χ4n) is 4.88. The number of piperazine rings is 1. The van der Waals surface area contributed by atoms with Gasteiger partial charge in [-0.1, -0.05) is 17.3 Å². The molecule has 1 N–H and O–H groups in total. The number of thiazole rings is 1. The van der Waals surface area contributed by atoms with Gasteiger partial charge in [0.25, 0.3) is 5.91 Å². The highest BCUT2D eigenvalue weighted by Crippen LogP contribution is 2.33. The number of nitrogens with zero attached hydrogens (tertiary/aromatic N) is 4. The van der Waals surface area contributed by atoms with Gasteiger partial charge in [-0.25, -0.2) is 13.4 Å². The molecule has 3 aliphatic rings. The number of sulfone groups is 1. The molecule has 38 heavy (non-hydrogen) atoms. The van der Waals surface area contributed by atoms with Crippen molar-refractivity contribution in [2.24, 2.45) is 5.16 Å². The number of benzene rings is 1. The van der Waals surface area contributed by atoms with E-state index in [4.69, 9.17) is 4.84 Å². The molecule has 5 rings (SSSR count). The third-order valence-electron chi connectivity index (χ3n) is 7.28. The molecular weight excluding hydrogens is 526 g/mol. The molecule has 1 aromatic heterocycles. The predicted molar refractivity (Wildman–Crippen MR) is 145 cm³/mol. The number of oxime groups is 1. The Kier molecular flexibility index (Phi) is 8.10. The van der Waals surface area contributed by atoms with E-state index in [1.54, 1.807) is 23.2 Å². The van der Waals surface area contributed by atoms with Crippen LogP contribution in [0.3, 0.4) is 0 Å². The van der Waals surface area contributed by atoms with Crippen LogP contribution < -0.4 is 5.32 Å². The molecule has 204 valence electrons. The highest BCUT2D eigenvalue weighted by atomic mass is 32.2. The number of anilines is 1. The second kappa shape index (κ2) is 11.5. The number of hydrogen-bond acceptors (Lipinski definition) is 9. The average Bonchev–Trinajstić information content (AvgIpc) is 3.49. The summed E-state index contributed by atoms with van der Waals surface area (Å²) in [6, 6.07) is 6.44. The van der Waals surface area contributed by atoms with Gasteiger partial charge in [-0.15, -0.1) is 11.3 Å². The van der Waals surface area contributed by atoms with Crippen molar-refractivity contribution in [1.82, 2.24) is 14.8 Å². The second-order valence-electron chi connectivity index (χ2n) is 10.2. The fourth-order valence-corrected chi connectivity index (χ4v) is 7.39. The zero-order valence-corrected chi connectivity index (χ0v) is 23.0. The third kappa shape index (κ3) is 6.24. The Labute approximate surface area is 227 Å². The summed E-state index contributed by atoms with van der Waals surface area (Å²) in [6.45, 7) is 4.97. The Bertz CT molecular complexity index is 1280. The summed E-state index contributed by atoms with van der Waals surface area (Å²) in [7, 11) is -3.32. The lowest BCUT2D eigenvalue weighted by Crippen LogP contribution is -2.50. The number of amides is 2. The average molecular weight is 560 g/mol. The number of rotatable bonds is 10. The molecule has 2 aliphatic carbocycles. The van der Waals surface area contributed by atoms with Crippen LogP contribution in [-0.2, 0) is 30.8 Å². The van der Waals surface area contributed by atoms with E-state index in [0.717, 1.165) is 50.1 Å². The lowest BCUT2D eigenvalue weighted by Gasteiger charge is -2.37. The van der Waals surface area contributed by atoms with Crippen molar-refractivity contribution in [3.8, 4) is 0 Å². The molecule has 1 atom stereocenters. The monoisotopic (exact) mass is 559 g/mol. The Hall–Kier alpha value is -2.83. The lowest BCUT2D eigenvalue weighted by molar-refractivity contribution is -0.122. The first-order valence-corrected chi connectivity index (χ1v) is 15.5. The molecular formula is C26H33N5O5S2. The highest BCUT2D eigenvalue weighted by molar-refractivity contribution is 7.92. The SMILES string of the molecule is C[C@H]1CN(Cc2cnc(NC(=O)C(=NOC3CCCC3)c3ccc(S(=O)(=O)C4CC4)cc3)s2)CCN1C=O. The van der Waals surface area contributed by atoms with Crippen LogP contribution in [0.25, 0.3) is 0 Å². The highest BCUT2D eigenvalue weighted by Gasteiger charge is 2.37. The van der Waals surface area contributed by atoms with E-state index in [1.165, 1.54) is 23.5 Å². The summed E-state index contributed by atoms with van der Waals surface area (Å²) < 4.78 is 25.2. The van der Waals surface area contributed by atoms with Gasteiger partial charge in [-0.2, -0.15) is 0 Å². The maximum Gasteiger partial charge on any atom is 0.280 e. The molecule has 0 spiro atoms. The standard InChI is InChI=1S/C26H33N5O5S2/c1-18-15-30(12-13-31(18)17-32)16-21-14-27-26(37-21)28-25(33)24(29-36-20-4-2-3-5-20)19-6-8-22(9-7-19)38(34,35)23-10-11-23/h6-9,14,17-18,20,23H,2-5,10-13,15-16H2,1H3,(H,27,28,33)/t18-/m0/s1. The molecule has 1 aromatic carbocycles. The zero-order chi connectivity index (χ0) is 26.7. The predicted octanol–water partition coefficient (Wildman–Crippen LogP) is 3.04. The summed E-state index contributed by atoms with van der Waals surface area (Å²) in [4.78, 5) is 39.9. The van der Waals surface area contributed by atoms with Gasteiger partial charge in [-0.05, 0) is 57.6 Å². The van der Waals surface area contributed by atoms with E-state index in [-0.39, 0.29) is 28.0 Å². The minimum Gasteiger partial charge on any atom is -0.392 e. The fraction of sp³-hybridized carbons (Fsp3) is 0.538. The molecule has 2 heterocycles. The maximum atomic E-state index is 13.3. The van der Waals surface area contributed by atoms with E-state index in [0.29, 0.717) is 36.6 Å². The van der Waals surface area contributed by atoms with Crippen molar-refractivity contribution in [3.05, 3.63) is 40.9 Å². The smallest absolute Gasteiger partial charge is 0.280 e. The van der Waals surface area contributed by atoms with Gasteiger partial charge < -0.3 is 9.74 Å².